The van der Waals surface area contributed by atoms with Gasteiger partial charge in [-0.2, -0.15) is 0 Å². The van der Waals surface area contributed by atoms with Crippen molar-refractivity contribution in [3.05, 3.63) is 35.9 Å². The van der Waals surface area contributed by atoms with Gasteiger partial charge in [0, 0.05) is 19.0 Å². The lowest BCUT2D eigenvalue weighted by Gasteiger charge is -2.27. The highest BCUT2D eigenvalue weighted by Crippen LogP contribution is 2.19. The topological polar surface area (TPSA) is 139 Å². The monoisotopic (exact) mass is 390 g/mol. The summed E-state index contributed by atoms with van der Waals surface area (Å²) in [4.78, 5) is 38.0. The maximum atomic E-state index is 12.9. The standard InChI is InChI=1S/C20H30N4O4/c21-10-4-8-16(19(26)24-11-5-9-17(24)20(27)28)23-18(25)13-15(22)12-14-6-2-1-3-7-14/h1-3,6-7,15-17H,4-5,8-13,21-22H2,(H,23,25)(H,27,28)/t15-,16-,17-/m0/s1. The molecule has 6 N–H and O–H groups in total. The van der Waals surface area contributed by atoms with E-state index in [1.54, 1.807) is 0 Å². The van der Waals surface area contributed by atoms with Crippen LogP contribution in [0.1, 0.15) is 37.7 Å². The molecule has 0 unspecified atom stereocenters. The average molecular weight is 390 g/mol. The van der Waals surface area contributed by atoms with Crippen LogP contribution in [0.3, 0.4) is 0 Å². The smallest absolute Gasteiger partial charge is 0.326 e. The first-order chi connectivity index (χ1) is 13.4. The fourth-order valence-electron chi connectivity index (χ4n) is 3.55. The quantitative estimate of drug-likeness (QED) is 0.451. The van der Waals surface area contributed by atoms with E-state index in [1.807, 2.05) is 30.3 Å². The molecule has 0 bridgehead atoms. The Morgan fingerprint density at radius 1 is 1.25 bits per heavy atom. The van der Waals surface area contributed by atoms with E-state index in [0.717, 1.165) is 5.56 Å². The number of carboxylic acid groups (broad SMARTS) is 1. The van der Waals surface area contributed by atoms with Gasteiger partial charge >= 0.3 is 5.97 Å². The lowest BCUT2D eigenvalue weighted by atomic mass is 10.0. The van der Waals surface area contributed by atoms with Gasteiger partial charge in [-0.1, -0.05) is 30.3 Å². The summed E-state index contributed by atoms with van der Waals surface area (Å²) in [6, 6.07) is 7.67. The zero-order valence-electron chi connectivity index (χ0n) is 16.0. The number of nitrogens with one attached hydrogen (secondary N) is 1. The third-order valence-corrected chi connectivity index (χ3v) is 4.94. The molecule has 1 aromatic rings. The van der Waals surface area contributed by atoms with Crippen molar-refractivity contribution in [1.82, 2.24) is 10.2 Å². The number of hydrogen-bond acceptors (Lipinski definition) is 5. The molecule has 0 saturated carbocycles. The lowest BCUT2D eigenvalue weighted by molar-refractivity contribution is -0.149. The molecule has 28 heavy (non-hydrogen) atoms. The highest BCUT2D eigenvalue weighted by Gasteiger charge is 2.37. The normalized spacial score (nSPS) is 18.5. The second-order valence-electron chi connectivity index (χ2n) is 7.23. The van der Waals surface area contributed by atoms with Gasteiger partial charge in [0.1, 0.15) is 12.1 Å². The molecule has 1 fully saturated rings. The zero-order chi connectivity index (χ0) is 20.5. The average Bonchev–Trinajstić information content (AvgIpc) is 3.15. The predicted molar refractivity (Wildman–Crippen MR) is 105 cm³/mol. The van der Waals surface area contributed by atoms with Crippen LogP contribution in [-0.2, 0) is 20.8 Å². The van der Waals surface area contributed by atoms with Crippen molar-refractivity contribution in [3.8, 4) is 0 Å². The zero-order valence-corrected chi connectivity index (χ0v) is 16.0. The summed E-state index contributed by atoms with van der Waals surface area (Å²) in [6.07, 6.45) is 2.64. The fourth-order valence-corrected chi connectivity index (χ4v) is 3.55. The fraction of sp³-hybridized carbons (Fsp3) is 0.550. The van der Waals surface area contributed by atoms with Gasteiger partial charge in [-0.05, 0) is 44.2 Å². The molecule has 8 nitrogen and oxygen atoms in total. The van der Waals surface area contributed by atoms with Crippen molar-refractivity contribution in [3.63, 3.8) is 0 Å². The molecule has 8 heteroatoms. The Balaban J connectivity index is 1.95. The number of aliphatic carboxylic acids is 1. The molecule has 1 aliphatic rings. The molecule has 0 radical (unpaired) electrons. The number of hydrogen-bond donors (Lipinski definition) is 4. The molecular formula is C20H30N4O4. The van der Waals surface area contributed by atoms with Crippen molar-refractivity contribution in [1.29, 1.82) is 0 Å². The number of nitrogens with zero attached hydrogens (tertiary/aromatic N) is 1. The molecule has 1 heterocycles. The van der Waals surface area contributed by atoms with Crippen LogP contribution in [0.5, 0.6) is 0 Å². The van der Waals surface area contributed by atoms with Gasteiger partial charge in [-0.3, -0.25) is 9.59 Å². The van der Waals surface area contributed by atoms with Gasteiger partial charge in [0.25, 0.3) is 0 Å². The van der Waals surface area contributed by atoms with E-state index in [0.29, 0.717) is 45.2 Å². The Morgan fingerprint density at radius 2 is 1.96 bits per heavy atom. The SMILES string of the molecule is NCCC[C@H](NC(=O)C[C@@H](N)Cc1ccccc1)C(=O)N1CCC[C@H]1C(=O)O. The van der Waals surface area contributed by atoms with E-state index < -0.39 is 18.1 Å². The highest BCUT2D eigenvalue weighted by atomic mass is 16.4. The van der Waals surface area contributed by atoms with Crippen LogP contribution in [0, 0.1) is 0 Å². The molecule has 2 amide bonds. The number of likely N-dealkylation sites (tertiary alicyclic amines) is 1. The van der Waals surface area contributed by atoms with E-state index in [9.17, 15) is 19.5 Å². The minimum atomic E-state index is -1.01. The summed E-state index contributed by atoms with van der Waals surface area (Å²) in [5.74, 6) is -1.69. The van der Waals surface area contributed by atoms with Gasteiger partial charge in [0.2, 0.25) is 11.8 Å². The Labute approximate surface area is 165 Å². The molecule has 0 aliphatic carbocycles. The summed E-state index contributed by atoms with van der Waals surface area (Å²) in [5, 5.41) is 12.1. The lowest BCUT2D eigenvalue weighted by Crippen LogP contribution is -2.52. The molecule has 154 valence electrons. The van der Waals surface area contributed by atoms with Crippen LogP contribution in [0.2, 0.25) is 0 Å². The summed E-state index contributed by atoms with van der Waals surface area (Å²) < 4.78 is 0. The minimum absolute atomic E-state index is 0.0870. The Bertz CT molecular complexity index is 667. The van der Waals surface area contributed by atoms with E-state index in [-0.39, 0.29) is 24.3 Å². The summed E-state index contributed by atoms with van der Waals surface area (Å²) in [5.41, 5.74) is 12.7. The molecule has 3 atom stereocenters. The molecule has 0 aromatic heterocycles. The van der Waals surface area contributed by atoms with Gasteiger partial charge in [-0.15, -0.1) is 0 Å². The summed E-state index contributed by atoms with van der Waals surface area (Å²) in [7, 11) is 0. The van der Waals surface area contributed by atoms with Crippen molar-refractivity contribution in [2.45, 2.75) is 56.7 Å². The van der Waals surface area contributed by atoms with Crippen molar-refractivity contribution < 1.29 is 19.5 Å². The number of benzene rings is 1. The third kappa shape index (κ3) is 6.31. The van der Waals surface area contributed by atoms with Gasteiger partial charge in [0.15, 0.2) is 0 Å². The van der Waals surface area contributed by atoms with E-state index in [2.05, 4.69) is 5.32 Å². The van der Waals surface area contributed by atoms with Crippen molar-refractivity contribution >= 4 is 17.8 Å². The van der Waals surface area contributed by atoms with E-state index in [4.69, 9.17) is 11.5 Å². The number of amides is 2. The minimum Gasteiger partial charge on any atom is -0.480 e. The number of nitrogens with two attached hydrogens (primary N) is 2. The first kappa shape index (κ1) is 21.8. The second-order valence-corrected chi connectivity index (χ2v) is 7.23. The number of carbonyl (C=O) groups is 3. The molecule has 2 rings (SSSR count). The number of carboxylic acids is 1. The van der Waals surface area contributed by atoms with E-state index >= 15 is 0 Å². The van der Waals surface area contributed by atoms with Crippen LogP contribution in [0.25, 0.3) is 0 Å². The Kier molecular flexibility index (Phi) is 8.41. The Hall–Kier alpha value is -2.45. The third-order valence-electron chi connectivity index (χ3n) is 4.94. The summed E-state index contributed by atoms with van der Waals surface area (Å²) >= 11 is 0. The van der Waals surface area contributed by atoms with Crippen molar-refractivity contribution in [2.24, 2.45) is 11.5 Å². The first-order valence-corrected chi connectivity index (χ1v) is 9.74. The number of carbonyl (C=O) groups excluding carboxylic acids is 2. The molecule has 0 spiro atoms. The van der Waals surface area contributed by atoms with Crippen molar-refractivity contribution in [2.75, 3.05) is 13.1 Å². The number of rotatable bonds is 10. The first-order valence-electron chi connectivity index (χ1n) is 9.74. The van der Waals surface area contributed by atoms with Crippen LogP contribution < -0.4 is 16.8 Å². The Morgan fingerprint density at radius 3 is 2.61 bits per heavy atom. The highest BCUT2D eigenvalue weighted by molar-refractivity contribution is 5.91. The summed E-state index contributed by atoms with van der Waals surface area (Å²) in [6.45, 7) is 0.772. The van der Waals surface area contributed by atoms with Crippen LogP contribution in [0.4, 0.5) is 0 Å². The molecule has 1 aromatic carbocycles. The predicted octanol–water partition coefficient (Wildman–Crippen LogP) is 0.246. The van der Waals surface area contributed by atoms with Crippen LogP contribution >= 0.6 is 0 Å². The largest absolute Gasteiger partial charge is 0.480 e. The van der Waals surface area contributed by atoms with E-state index in [1.165, 1.54) is 4.90 Å². The maximum absolute atomic E-state index is 12.9. The van der Waals surface area contributed by atoms with Crippen LogP contribution in [-0.4, -0.2) is 59.0 Å². The van der Waals surface area contributed by atoms with Gasteiger partial charge < -0.3 is 26.8 Å². The van der Waals surface area contributed by atoms with Gasteiger partial charge in [-0.25, -0.2) is 4.79 Å². The van der Waals surface area contributed by atoms with Crippen LogP contribution in [0.15, 0.2) is 30.3 Å². The molecular weight excluding hydrogens is 360 g/mol. The second kappa shape index (κ2) is 10.8. The molecule has 1 saturated heterocycles. The molecule has 1 aliphatic heterocycles. The van der Waals surface area contributed by atoms with Gasteiger partial charge in [0.05, 0.1) is 0 Å². The maximum Gasteiger partial charge on any atom is 0.326 e.